The number of aromatic amines is 1. The summed E-state index contributed by atoms with van der Waals surface area (Å²) < 4.78 is 5.41. The van der Waals surface area contributed by atoms with Crippen LogP contribution in [0.25, 0.3) is 10.9 Å². The summed E-state index contributed by atoms with van der Waals surface area (Å²) in [5.41, 5.74) is 4.21. The Labute approximate surface area is 165 Å². The van der Waals surface area contributed by atoms with Crippen LogP contribution >= 0.6 is 11.6 Å². The summed E-state index contributed by atoms with van der Waals surface area (Å²) in [7, 11) is 1.65. The van der Waals surface area contributed by atoms with Gasteiger partial charge >= 0.3 is 0 Å². The van der Waals surface area contributed by atoms with Crippen molar-refractivity contribution in [2.75, 3.05) is 13.7 Å². The number of para-hydroxylation sites is 1. The second-order valence-electron chi connectivity index (χ2n) is 6.95. The van der Waals surface area contributed by atoms with Crippen LogP contribution < -0.4 is 10.1 Å². The Bertz CT molecular complexity index is 1010. The van der Waals surface area contributed by atoms with Crippen LogP contribution in [0.1, 0.15) is 36.1 Å². The zero-order chi connectivity index (χ0) is 18.6. The molecule has 0 radical (unpaired) electrons. The molecular formula is C23H23ClN2O. The van der Waals surface area contributed by atoms with Gasteiger partial charge in [0, 0.05) is 22.0 Å². The number of hydrogen-bond donors (Lipinski definition) is 2. The lowest BCUT2D eigenvalue weighted by atomic mass is 10.0. The van der Waals surface area contributed by atoms with E-state index in [0.29, 0.717) is 11.1 Å². The summed E-state index contributed by atoms with van der Waals surface area (Å²) in [5, 5.41) is 5.51. The third-order valence-corrected chi connectivity index (χ3v) is 5.44. The second kappa shape index (κ2) is 8.08. The largest absolute Gasteiger partial charge is 0.495 e. The van der Waals surface area contributed by atoms with Crippen LogP contribution in [0.3, 0.4) is 0 Å². The quantitative estimate of drug-likeness (QED) is 0.632. The minimum absolute atomic E-state index is 0.618. The molecular weight excluding hydrogens is 356 g/mol. The van der Waals surface area contributed by atoms with E-state index in [1.165, 1.54) is 23.8 Å². The van der Waals surface area contributed by atoms with E-state index in [9.17, 15) is 0 Å². The van der Waals surface area contributed by atoms with Gasteiger partial charge in [-0.15, -0.1) is 0 Å². The first-order valence-electron chi connectivity index (χ1n) is 9.43. The van der Waals surface area contributed by atoms with Gasteiger partial charge in [-0.3, -0.25) is 0 Å². The molecule has 1 aromatic heterocycles. The highest BCUT2D eigenvalue weighted by atomic mass is 35.5. The van der Waals surface area contributed by atoms with Crippen molar-refractivity contribution in [2.24, 2.45) is 0 Å². The van der Waals surface area contributed by atoms with Gasteiger partial charge in [0.15, 0.2) is 0 Å². The molecule has 3 aromatic rings. The number of aryl methyl sites for hydroxylation is 1. The molecule has 4 heteroatoms. The maximum atomic E-state index is 6.14. The number of hydrogen-bond acceptors (Lipinski definition) is 2. The highest BCUT2D eigenvalue weighted by molar-refractivity contribution is 6.30. The van der Waals surface area contributed by atoms with E-state index in [-0.39, 0.29) is 0 Å². The summed E-state index contributed by atoms with van der Waals surface area (Å²) in [6.45, 7) is 1.14. The van der Waals surface area contributed by atoms with Crippen LogP contribution in [-0.2, 0) is 6.42 Å². The van der Waals surface area contributed by atoms with Gasteiger partial charge < -0.3 is 15.0 Å². The average molecular weight is 379 g/mol. The fourth-order valence-corrected chi connectivity index (χ4v) is 3.97. The van der Waals surface area contributed by atoms with E-state index < -0.39 is 0 Å². The van der Waals surface area contributed by atoms with E-state index in [1.54, 1.807) is 7.11 Å². The van der Waals surface area contributed by atoms with Gasteiger partial charge in [0.25, 0.3) is 0 Å². The first-order chi connectivity index (χ1) is 13.2. The Morgan fingerprint density at radius 1 is 1.19 bits per heavy atom. The van der Waals surface area contributed by atoms with Gasteiger partial charge in [-0.05, 0) is 68.0 Å². The van der Waals surface area contributed by atoms with Crippen LogP contribution in [0, 0.1) is 11.8 Å². The molecule has 0 aliphatic carbocycles. The van der Waals surface area contributed by atoms with Crippen molar-refractivity contribution < 1.29 is 4.74 Å². The second-order valence-corrected chi connectivity index (χ2v) is 7.39. The summed E-state index contributed by atoms with van der Waals surface area (Å²) in [6.07, 6.45) is 4.69. The van der Waals surface area contributed by atoms with E-state index >= 15 is 0 Å². The number of H-pyrrole nitrogens is 1. The predicted molar refractivity (Wildman–Crippen MR) is 112 cm³/mol. The van der Waals surface area contributed by atoms with Gasteiger partial charge in [-0.2, -0.15) is 0 Å². The van der Waals surface area contributed by atoms with Crippen LogP contribution in [0.4, 0.5) is 0 Å². The average Bonchev–Trinajstić information content (AvgIpc) is 3.32. The standard InChI is InChI=1S/C23H23ClN2O/c1-27-23-13-9-17(24)15-16(23)8-12-22-20(11-10-18-5-4-14-25-18)19-6-2-3-7-21(19)26-22/h2-3,6-7,9,13,15,18,25-26H,4-5,10-11,14H2,1H3. The fraction of sp³-hybridized carbons (Fsp3) is 0.304. The highest BCUT2D eigenvalue weighted by Crippen LogP contribution is 2.26. The first-order valence-corrected chi connectivity index (χ1v) is 9.81. The zero-order valence-electron chi connectivity index (χ0n) is 15.4. The van der Waals surface area contributed by atoms with Crippen LogP contribution in [-0.4, -0.2) is 24.7 Å². The highest BCUT2D eigenvalue weighted by Gasteiger charge is 2.16. The van der Waals surface area contributed by atoms with Crippen molar-refractivity contribution in [1.82, 2.24) is 10.3 Å². The molecule has 0 spiro atoms. The molecule has 0 bridgehead atoms. The van der Waals surface area contributed by atoms with E-state index in [2.05, 4.69) is 46.4 Å². The molecule has 27 heavy (non-hydrogen) atoms. The van der Waals surface area contributed by atoms with E-state index in [1.807, 2.05) is 18.2 Å². The van der Waals surface area contributed by atoms with Crippen molar-refractivity contribution in [3.8, 4) is 17.6 Å². The van der Waals surface area contributed by atoms with Gasteiger partial charge in [0.1, 0.15) is 5.75 Å². The van der Waals surface area contributed by atoms with E-state index in [4.69, 9.17) is 16.3 Å². The zero-order valence-corrected chi connectivity index (χ0v) is 16.2. The predicted octanol–water partition coefficient (Wildman–Crippen LogP) is 4.91. The topological polar surface area (TPSA) is 37.0 Å². The monoisotopic (exact) mass is 378 g/mol. The molecule has 1 fully saturated rings. The molecule has 4 rings (SSSR count). The molecule has 2 N–H and O–H groups in total. The van der Waals surface area contributed by atoms with Crippen molar-refractivity contribution >= 4 is 22.5 Å². The lowest BCUT2D eigenvalue weighted by Gasteiger charge is -2.09. The minimum atomic E-state index is 0.618. The molecule has 1 aliphatic rings. The van der Waals surface area contributed by atoms with Crippen molar-refractivity contribution in [1.29, 1.82) is 0 Å². The molecule has 1 saturated heterocycles. The SMILES string of the molecule is COc1ccc(Cl)cc1C#Cc1[nH]c2ccccc2c1CCC1CCCN1. The van der Waals surface area contributed by atoms with Gasteiger partial charge in [-0.25, -0.2) is 0 Å². The Morgan fingerprint density at radius 3 is 2.89 bits per heavy atom. The molecule has 2 heterocycles. The van der Waals surface area contributed by atoms with Gasteiger partial charge in [-0.1, -0.05) is 35.7 Å². The first kappa shape index (κ1) is 18.0. The Morgan fingerprint density at radius 2 is 2.07 bits per heavy atom. The molecule has 1 aliphatic heterocycles. The van der Waals surface area contributed by atoms with Crippen molar-refractivity contribution in [2.45, 2.75) is 31.7 Å². The third kappa shape index (κ3) is 3.98. The molecule has 2 aromatic carbocycles. The number of nitrogens with one attached hydrogen (secondary N) is 2. The maximum absolute atomic E-state index is 6.14. The smallest absolute Gasteiger partial charge is 0.134 e. The van der Waals surface area contributed by atoms with Gasteiger partial charge in [0.05, 0.1) is 18.4 Å². The van der Waals surface area contributed by atoms with E-state index in [0.717, 1.165) is 41.9 Å². The summed E-state index contributed by atoms with van der Waals surface area (Å²) >= 11 is 6.14. The van der Waals surface area contributed by atoms with Crippen LogP contribution in [0.5, 0.6) is 5.75 Å². The lowest BCUT2D eigenvalue weighted by molar-refractivity contribution is 0.413. The number of methoxy groups -OCH3 is 1. The maximum Gasteiger partial charge on any atom is 0.134 e. The number of rotatable bonds is 4. The van der Waals surface area contributed by atoms with Gasteiger partial charge in [0.2, 0.25) is 0 Å². The minimum Gasteiger partial charge on any atom is -0.495 e. The third-order valence-electron chi connectivity index (χ3n) is 5.20. The molecule has 1 atom stereocenters. The van der Waals surface area contributed by atoms with Crippen LogP contribution in [0.15, 0.2) is 42.5 Å². The van der Waals surface area contributed by atoms with Crippen molar-refractivity contribution in [3.05, 3.63) is 64.3 Å². The molecule has 3 nitrogen and oxygen atoms in total. The number of fused-ring (bicyclic) bond motifs is 1. The number of ether oxygens (including phenoxy) is 1. The number of aromatic nitrogens is 1. The Kier molecular flexibility index (Phi) is 5.38. The summed E-state index contributed by atoms with van der Waals surface area (Å²) in [5.74, 6) is 7.31. The molecule has 0 saturated carbocycles. The molecule has 1 unspecified atom stereocenters. The Hall–Kier alpha value is -2.41. The van der Waals surface area contributed by atoms with Crippen molar-refractivity contribution in [3.63, 3.8) is 0 Å². The molecule has 138 valence electrons. The lowest BCUT2D eigenvalue weighted by Crippen LogP contribution is -2.21. The fourth-order valence-electron chi connectivity index (χ4n) is 3.80. The number of benzene rings is 2. The summed E-state index contributed by atoms with van der Waals surface area (Å²) in [6, 6.07) is 14.6. The summed E-state index contributed by atoms with van der Waals surface area (Å²) in [4.78, 5) is 3.49. The van der Waals surface area contributed by atoms with Crippen LogP contribution in [0.2, 0.25) is 5.02 Å². The normalized spacial score (nSPS) is 16.3. The Balaban J connectivity index is 1.69. The molecule has 0 amide bonds. The number of halogens is 1.